The number of benzene rings is 4. The van der Waals surface area contributed by atoms with Crippen LogP contribution < -0.4 is 28.7 Å². The fraction of sp³-hybridized carbons (Fsp3) is 0.474. The third kappa shape index (κ3) is 13.7. The number of aromatic nitrogens is 2. The van der Waals surface area contributed by atoms with Crippen molar-refractivity contribution in [2.75, 3.05) is 49.2 Å². The van der Waals surface area contributed by atoms with Crippen molar-refractivity contribution in [2.45, 2.75) is 150 Å². The summed E-state index contributed by atoms with van der Waals surface area (Å²) >= 11 is 12.9. The molecule has 2 saturated carbocycles. The minimum atomic E-state index is -3.98. The maximum Gasteiger partial charge on any atom is 0.264 e. The molecule has 0 saturated heterocycles. The maximum atomic E-state index is 13.5. The van der Waals surface area contributed by atoms with Crippen molar-refractivity contribution in [1.82, 2.24) is 19.4 Å². The van der Waals surface area contributed by atoms with Gasteiger partial charge in [0.2, 0.25) is 20.0 Å². The minimum Gasteiger partial charge on any atom is -0.490 e. The molecule has 96 heavy (non-hydrogen) atoms. The summed E-state index contributed by atoms with van der Waals surface area (Å²) in [5.74, 6) is -0.300. The number of nitrogens with one attached hydrogen (secondary N) is 2. The summed E-state index contributed by atoms with van der Waals surface area (Å²) in [6.07, 6.45) is 22.2. The Kier molecular flexibility index (Phi) is 19.2. The van der Waals surface area contributed by atoms with E-state index in [0.717, 1.165) is 97.0 Å². The molecule has 2 fully saturated rings. The summed E-state index contributed by atoms with van der Waals surface area (Å²) in [5, 5.41) is 24.7. The highest BCUT2D eigenvalue weighted by Gasteiger charge is 2.51. The van der Waals surface area contributed by atoms with E-state index in [1.54, 1.807) is 62.6 Å². The van der Waals surface area contributed by atoms with Crippen molar-refractivity contribution >= 4 is 66.4 Å². The van der Waals surface area contributed by atoms with Gasteiger partial charge in [-0.2, -0.15) is 0 Å². The van der Waals surface area contributed by atoms with Crippen molar-refractivity contribution in [3.8, 4) is 11.5 Å². The van der Waals surface area contributed by atoms with Crippen LogP contribution >= 0.6 is 23.2 Å². The number of rotatable bonds is 4. The van der Waals surface area contributed by atoms with E-state index >= 15 is 0 Å². The number of ether oxygens (including phenoxy) is 2. The van der Waals surface area contributed by atoms with Gasteiger partial charge in [0.05, 0.1) is 46.3 Å². The minimum absolute atomic E-state index is 0.0346. The normalized spacial score (nSPS) is 32.1. The van der Waals surface area contributed by atoms with Crippen LogP contribution in [0.1, 0.15) is 146 Å². The van der Waals surface area contributed by atoms with E-state index in [1.807, 2.05) is 86.7 Å². The predicted octanol–water partition coefficient (Wildman–Crippen LogP) is 12.5. The van der Waals surface area contributed by atoms with Crippen LogP contribution in [0.25, 0.3) is 0 Å². The Morgan fingerprint density at radius 3 is 1.38 bits per heavy atom. The highest BCUT2D eigenvalue weighted by atomic mass is 35.5. The lowest BCUT2D eigenvalue weighted by molar-refractivity contribution is -0.0455. The van der Waals surface area contributed by atoms with Gasteiger partial charge in [0.25, 0.3) is 11.8 Å². The Hall–Kier alpha value is -6.80. The number of hydrogen-bond donors (Lipinski definition) is 4. The second kappa shape index (κ2) is 27.1. The van der Waals surface area contributed by atoms with Crippen molar-refractivity contribution in [3.05, 3.63) is 201 Å². The van der Waals surface area contributed by atoms with Gasteiger partial charge in [-0.05, 0) is 234 Å². The molecule has 4 N–H and O–H groups in total. The zero-order chi connectivity index (χ0) is 67.4. The van der Waals surface area contributed by atoms with Crippen molar-refractivity contribution in [1.29, 1.82) is 0 Å². The SMILES string of the molecule is C[C@@H]1[C@@H](C)C/C=C/[C@@](O)(Cc2ccccn2)[C@@H]2CC[C@H]2CN2C[C@@]3(CCCc4cc(Cl)ccc43)COc3ccc(cc32)C(=O)NS1(=O)=O.C[C@@H]1[C@@H](C)C/C=C/[C@](O)(Cc2ccccn2)[C@@H]2CC[C@H]2CN2C[C@@]3(CCCc4cc(Cl)ccc43)COc3ccc(cc32)C(=O)NS1(=O)=O. The number of fused-ring (bicyclic) bond motifs is 8. The zero-order valence-corrected chi connectivity index (χ0v) is 58.3. The molecule has 20 heteroatoms. The highest BCUT2D eigenvalue weighted by Crippen LogP contribution is 2.52. The van der Waals surface area contributed by atoms with Crippen LogP contribution in [0.15, 0.2) is 146 Å². The van der Waals surface area contributed by atoms with E-state index in [1.165, 1.54) is 22.3 Å². The van der Waals surface area contributed by atoms with E-state index in [9.17, 15) is 36.6 Å². The van der Waals surface area contributed by atoms with Crippen LogP contribution in [0.5, 0.6) is 11.5 Å². The van der Waals surface area contributed by atoms with Crippen LogP contribution in [0, 0.1) is 35.5 Å². The van der Waals surface area contributed by atoms with Gasteiger partial charge in [0.1, 0.15) is 11.5 Å². The molecular formula is C76H88Cl2N6O10S2. The van der Waals surface area contributed by atoms with Gasteiger partial charge < -0.3 is 29.5 Å². The molecule has 4 aromatic carbocycles. The topological polar surface area (TPSA) is 218 Å². The number of amides is 2. The first-order valence-corrected chi connectivity index (χ1v) is 38.1. The third-order valence-electron chi connectivity index (χ3n) is 22.9. The number of carbonyl (C=O) groups is 2. The number of allylic oxidation sites excluding steroid dienone is 2. The summed E-state index contributed by atoms with van der Waals surface area (Å²) in [5.41, 5.74) is 5.70. The Balaban J connectivity index is 0.000000174. The number of nitrogens with zero attached hydrogens (tertiary/aromatic N) is 4. The highest BCUT2D eigenvalue weighted by molar-refractivity contribution is 7.91. The third-order valence-corrected chi connectivity index (χ3v) is 27.2. The van der Waals surface area contributed by atoms with Gasteiger partial charge in [-0.15, -0.1) is 0 Å². The van der Waals surface area contributed by atoms with Crippen LogP contribution in [0.2, 0.25) is 10.0 Å². The molecule has 4 aliphatic carbocycles. The Morgan fingerprint density at radius 1 is 0.562 bits per heavy atom. The molecule has 2 amide bonds. The molecule has 14 rings (SSSR count). The first-order chi connectivity index (χ1) is 45.9. The Bertz CT molecular complexity index is 3940. The fourth-order valence-electron chi connectivity index (χ4n) is 16.7. The van der Waals surface area contributed by atoms with Gasteiger partial charge in [-0.1, -0.05) is 85.6 Å². The molecule has 16 nitrogen and oxygen atoms in total. The predicted molar refractivity (Wildman–Crippen MR) is 376 cm³/mol. The maximum absolute atomic E-state index is 13.5. The van der Waals surface area contributed by atoms with E-state index < -0.39 is 53.6 Å². The molecule has 12 atom stereocenters. The first-order valence-electron chi connectivity index (χ1n) is 34.3. The standard InChI is InChI=1S/2C38H44ClN3O5S/c2*1-25-7-5-17-38(44,21-31-9-3-4-18-40-31)33-13-10-29(33)22-42-23-37(16-6-8-27-19-30(39)12-14-32(27)37)24-47-35-15-11-28(20-34(35)42)36(43)41-48(45,46)26(25)2/h2*3-5,9,11-12,14-15,17-20,25-26,29,33,44H,6-8,10,13,16,21-24H2,1-2H3,(H,41,43)/b2*17-5+/t25-,26+,29-,33+,37-,38+;25-,26+,29-,33+,37-,38-/m00/s1. The smallest absolute Gasteiger partial charge is 0.264 e. The van der Waals surface area contributed by atoms with Gasteiger partial charge in [-0.3, -0.25) is 19.6 Å². The number of hydrogen-bond acceptors (Lipinski definition) is 14. The zero-order valence-electron chi connectivity index (χ0n) is 55.1. The van der Waals surface area contributed by atoms with Crippen LogP contribution in [0.3, 0.4) is 0 Å². The summed E-state index contributed by atoms with van der Waals surface area (Å²) in [4.78, 5) is 40.8. The average molecular weight is 1380 g/mol. The van der Waals surface area contributed by atoms with Crippen LogP contribution in [-0.4, -0.2) is 110 Å². The second-order valence-corrected chi connectivity index (χ2v) is 34.0. The van der Waals surface area contributed by atoms with E-state index in [4.69, 9.17) is 32.7 Å². The van der Waals surface area contributed by atoms with Gasteiger partial charge in [-0.25, -0.2) is 26.3 Å². The summed E-state index contributed by atoms with van der Waals surface area (Å²) in [7, 11) is -7.97. The molecule has 4 bridgehead atoms. The lowest BCUT2D eigenvalue weighted by Gasteiger charge is -2.49. The Labute approximate surface area is 575 Å². The van der Waals surface area contributed by atoms with Crippen molar-refractivity contribution in [3.63, 3.8) is 0 Å². The number of pyridine rings is 2. The first kappa shape index (κ1) is 67.8. The molecule has 2 aromatic heterocycles. The largest absolute Gasteiger partial charge is 0.490 e. The number of aliphatic hydroxyl groups is 2. The lowest BCUT2D eigenvalue weighted by atomic mass is 9.62. The van der Waals surface area contributed by atoms with Crippen LogP contribution in [-0.2, 0) is 56.6 Å². The van der Waals surface area contributed by atoms with E-state index in [0.29, 0.717) is 76.6 Å². The molecule has 8 aliphatic rings. The van der Waals surface area contributed by atoms with E-state index in [-0.39, 0.29) is 57.5 Å². The van der Waals surface area contributed by atoms with Gasteiger partial charge >= 0.3 is 0 Å². The van der Waals surface area contributed by atoms with E-state index in [2.05, 4.69) is 53.5 Å². The van der Waals surface area contributed by atoms with Crippen molar-refractivity contribution < 1.29 is 46.1 Å². The molecule has 508 valence electrons. The molecule has 6 heterocycles. The molecular weight excluding hydrogens is 1290 g/mol. The van der Waals surface area contributed by atoms with Crippen molar-refractivity contribution in [2.24, 2.45) is 35.5 Å². The molecule has 4 aliphatic heterocycles. The lowest BCUT2D eigenvalue weighted by Crippen LogP contribution is -2.53. The molecule has 0 unspecified atom stereocenters. The summed E-state index contributed by atoms with van der Waals surface area (Å²) in [6, 6.07) is 34.3. The number of carbonyl (C=O) groups excluding carboxylic acids is 2. The van der Waals surface area contributed by atoms with Gasteiger partial charge in [0.15, 0.2) is 0 Å². The number of anilines is 2. The molecule has 2 spiro atoms. The average Bonchev–Trinajstić information content (AvgIpc) is 1.38. The number of sulfonamides is 2. The Morgan fingerprint density at radius 2 is 0.990 bits per heavy atom. The monoisotopic (exact) mass is 1380 g/mol. The molecule has 6 aromatic rings. The van der Waals surface area contributed by atoms with Gasteiger partial charge in [0, 0.05) is 94.8 Å². The second-order valence-electron chi connectivity index (χ2n) is 29.0. The fourth-order valence-corrected chi connectivity index (χ4v) is 19.7. The quantitative estimate of drug-likeness (QED) is 0.121. The van der Waals surface area contributed by atoms with Crippen LogP contribution in [0.4, 0.5) is 11.4 Å². The summed E-state index contributed by atoms with van der Waals surface area (Å²) in [6.45, 7) is 10.5. The molecule has 0 radical (unpaired) electrons. The number of halogens is 2. The summed E-state index contributed by atoms with van der Waals surface area (Å²) < 4.78 is 71.6. The number of aryl methyl sites for hydroxylation is 2.